The Hall–Kier alpha value is -2.99. The van der Waals surface area contributed by atoms with Gasteiger partial charge in [0.15, 0.2) is 0 Å². The molecule has 44 heavy (non-hydrogen) atoms. The van der Waals surface area contributed by atoms with Crippen molar-refractivity contribution in [3.8, 4) is 0 Å². The molecule has 2 amide bonds. The van der Waals surface area contributed by atoms with Gasteiger partial charge in [0.05, 0.1) is 21.2 Å². The van der Waals surface area contributed by atoms with Gasteiger partial charge in [-0.1, -0.05) is 66.0 Å². The van der Waals surface area contributed by atoms with E-state index in [4.69, 9.17) is 34.8 Å². The highest BCUT2D eigenvalue weighted by Crippen LogP contribution is 2.37. The minimum Gasteiger partial charge on any atom is -0.350 e. The largest absolute Gasteiger partial charge is 0.416 e. The van der Waals surface area contributed by atoms with E-state index in [-0.39, 0.29) is 27.9 Å². The molecule has 0 aliphatic carbocycles. The van der Waals surface area contributed by atoms with Crippen molar-refractivity contribution in [1.29, 1.82) is 0 Å². The molecule has 0 fully saturated rings. The van der Waals surface area contributed by atoms with E-state index < -0.39 is 57.4 Å². The topological polar surface area (TPSA) is 86.8 Å². The van der Waals surface area contributed by atoms with E-state index in [2.05, 4.69) is 5.32 Å². The molecule has 0 aliphatic heterocycles. The summed E-state index contributed by atoms with van der Waals surface area (Å²) in [7, 11) is -4.65. The molecule has 0 saturated carbocycles. The minimum absolute atomic E-state index is 0.120. The number of nitrogens with one attached hydrogen (secondary N) is 1. The maximum atomic E-state index is 14.2. The van der Waals surface area contributed by atoms with Crippen molar-refractivity contribution in [2.45, 2.75) is 63.3 Å². The number of anilines is 1. The number of nitrogens with zero attached hydrogens (tertiary/aromatic N) is 2. The van der Waals surface area contributed by atoms with Crippen LogP contribution in [-0.2, 0) is 32.3 Å². The quantitative estimate of drug-likeness (QED) is 0.237. The third kappa shape index (κ3) is 8.80. The van der Waals surface area contributed by atoms with Crippen LogP contribution in [0.15, 0.2) is 71.6 Å². The van der Waals surface area contributed by atoms with Crippen LogP contribution in [0.25, 0.3) is 0 Å². The van der Waals surface area contributed by atoms with Crippen molar-refractivity contribution < 1.29 is 31.2 Å². The van der Waals surface area contributed by atoms with Crippen LogP contribution in [-0.4, -0.2) is 43.3 Å². The third-order valence-electron chi connectivity index (χ3n) is 6.39. The van der Waals surface area contributed by atoms with E-state index in [9.17, 15) is 31.2 Å². The zero-order valence-corrected chi connectivity index (χ0v) is 27.3. The van der Waals surface area contributed by atoms with E-state index in [1.807, 2.05) is 0 Å². The highest BCUT2D eigenvalue weighted by atomic mass is 35.5. The highest BCUT2D eigenvalue weighted by molar-refractivity contribution is 7.92. The molecule has 0 aromatic heterocycles. The molecule has 7 nitrogen and oxygen atoms in total. The third-order valence-corrected chi connectivity index (χ3v) is 9.07. The first kappa shape index (κ1) is 35.5. The molecule has 3 aromatic carbocycles. The molecular weight excluding hydrogens is 662 g/mol. The monoisotopic (exact) mass is 691 g/mol. The Morgan fingerprint density at radius 2 is 1.55 bits per heavy atom. The van der Waals surface area contributed by atoms with Crippen molar-refractivity contribution in [3.05, 3.63) is 92.9 Å². The van der Waals surface area contributed by atoms with Crippen LogP contribution in [0.3, 0.4) is 0 Å². The van der Waals surface area contributed by atoms with Crippen LogP contribution in [0.4, 0.5) is 18.9 Å². The molecule has 0 saturated heterocycles. The number of carbonyl (C=O) groups excluding carboxylic acids is 2. The first-order valence-electron chi connectivity index (χ1n) is 13.3. The first-order valence-corrected chi connectivity index (χ1v) is 15.9. The molecule has 1 atom stereocenters. The van der Waals surface area contributed by atoms with Crippen LogP contribution in [0.2, 0.25) is 15.1 Å². The van der Waals surface area contributed by atoms with Crippen LogP contribution >= 0.6 is 34.8 Å². The summed E-state index contributed by atoms with van der Waals surface area (Å²) < 4.78 is 69.5. The van der Waals surface area contributed by atoms with E-state index in [0.717, 1.165) is 11.0 Å². The molecule has 0 bridgehead atoms. The summed E-state index contributed by atoms with van der Waals surface area (Å²) in [4.78, 5) is 28.4. The Labute approximate surface area is 269 Å². The van der Waals surface area contributed by atoms with Gasteiger partial charge in [0.2, 0.25) is 11.8 Å². The average molecular weight is 693 g/mol. The fourth-order valence-electron chi connectivity index (χ4n) is 4.32. The van der Waals surface area contributed by atoms with Crippen molar-refractivity contribution in [2.24, 2.45) is 0 Å². The van der Waals surface area contributed by atoms with Crippen molar-refractivity contribution >= 4 is 62.3 Å². The standard InChI is InChI=1S/C30H31Cl3F3N3O4S/c1-5-25(28(41)37-29(2,3)4)38(17-19-11-13-21(31)16-24(19)33)27(40)18-39(44(42,43)22-9-7-6-8-10-22)26-15-20(30(34,35)36)12-14-23(26)32/h6-16,25H,5,17-18H2,1-4H3,(H,37,41). The van der Waals surface area contributed by atoms with Gasteiger partial charge in [-0.3, -0.25) is 13.9 Å². The van der Waals surface area contributed by atoms with Gasteiger partial charge in [0, 0.05) is 22.1 Å². The number of alkyl halides is 3. The summed E-state index contributed by atoms with van der Waals surface area (Å²) in [5.41, 5.74) is -2.00. The van der Waals surface area contributed by atoms with Crippen LogP contribution in [0.1, 0.15) is 45.2 Å². The lowest BCUT2D eigenvalue weighted by Gasteiger charge is -2.35. The SMILES string of the molecule is CCC(C(=O)NC(C)(C)C)N(Cc1ccc(Cl)cc1Cl)C(=O)CN(c1cc(C(F)(F)F)ccc1Cl)S(=O)(=O)c1ccccc1. The summed E-state index contributed by atoms with van der Waals surface area (Å²) in [5, 5.41) is 3.00. The lowest BCUT2D eigenvalue weighted by molar-refractivity contribution is -0.141. The van der Waals surface area contributed by atoms with E-state index >= 15 is 0 Å². The maximum Gasteiger partial charge on any atom is 0.416 e. The molecule has 0 radical (unpaired) electrons. The lowest BCUT2D eigenvalue weighted by atomic mass is 10.1. The summed E-state index contributed by atoms with van der Waals surface area (Å²) in [6, 6.07) is 12.5. The minimum atomic E-state index is -4.83. The summed E-state index contributed by atoms with van der Waals surface area (Å²) in [6.07, 6.45) is -4.71. The molecule has 3 rings (SSSR count). The van der Waals surface area contributed by atoms with Gasteiger partial charge >= 0.3 is 6.18 Å². The second-order valence-electron chi connectivity index (χ2n) is 10.9. The maximum absolute atomic E-state index is 14.2. The molecular formula is C30H31Cl3F3N3O4S. The van der Waals surface area contributed by atoms with E-state index in [1.54, 1.807) is 39.8 Å². The van der Waals surface area contributed by atoms with E-state index in [1.165, 1.54) is 36.4 Å². The first-order chi connectivity index (χ1) is 20.3. The number of benzene rings is 3. The van der Waals surface area contributed by atoms with Gasteiger partial charge in [-0.2, -0.15) is 13.2 Å². The number of carbonyl (C=O) groups is 2. The van der Waals surface area contributed by atoms with E-state index in [0.29, 0.717) is 27.0 Å². The van der Waals surface area contributed by atoms with Gasteiger partial charge in [-0.15, -0.1) is 0 Å². The normalized spacial score (nSPS) is 12.9. The van der Waals surface area contributed by atoms with Crippen LogP contribution in [0.5, 0.6) is 0 Å². The Bertz CT molecular complexity index is 1620. The number of amides is 2. The highest BCUT2D eigenvalue weighted by Gasteiger charge is 2.37. The lowest BCUT2D eigenvalue weighted by Crippen LogP contribution is -2.55. The second-order valence-corrected chi connectivity index (χ2v) is 14.0. The molecule has 14 heteroatoms. The predicted molar refractivity (Wildman–Crippen MR) is 166 cm³/mol. The summed E-state index contributed by atoms with van der Waals surface area (Å²) >= 11 is 18.7. The Kier molecular flexibility index (Phi) is 11.3. The van der Waals surface area contributed by atoms with Crippen molar-refractivity contribution in [3.63, 3.8) is 0 Å². The molecule has 1 N–H and O–H groups in total. The number of hydrogen-bond donors (Lipinski definition) is 1. The van der Waals surface area contributed by atoms with Gasteiger partial charge in [0.25, 0.3) is 10.0 Å². The van der Waals surface area contributed by atoms with Gasteiger partial charge in [-0.05, 0) is 75.2 Å². The van der Waals surface area contributed by atoms with Gasteiger partial charge in [-0.25, -0.2) is 8.42 Å². The van der Waals surface area contributed by atoms with Crippen molar-refractivity contribution in [1.82, 2.24) is 10.2 Å². The molecule has 3 aromatic rings. The molecule has 1 unspecified atom stereocenters. The van der Waals surface area contributed by atoms with Crippen LogP contribution < -0.4 is 9.62 Å². The molecule has 238 valence electrons. The number of sulfonamides is 1. The zero-order valence-electron chi connectivity index (χ0n) is 24.3. The number of halogens is 6. The fraction of sp³-hybridized carbons (Fsp3) is 0.333. The second kappa shape index (κ2) is 14.0. The molecule has 0 spiro atoms. The Morgan fingerprint density at radius 3 is 2.09 bits per heavy atom. The zero-order chi connectivity index (χ0) is 33.0. The molecule has 0 aliphatic rings. The summed E-state index contributed by atoms with van der Waals surface area (Å²) in [6.45, 7) is 5.71. The summed E-state index contributed by atoms with van der Waals surface area (Å²) in [5.74, 6) is -1.41. The molecule has 0 heterocycles. The van der Waals surface area contributed by atoms with Crippen LogP contribution in [0, 0.1) is 0 Å². The number of rotatable bonds is 10. The smallest absolute Gasteiger partial charge is 0.350 e. The predicted octanol–water partition coefficient (Wildman–Crippen LogP) is 7.58. The average Bonchev–Trinajstić information content (AvgIpc) is 2.92. The Balaban J connectivity index is 2.19. The Morgan fingerprint density at radius 1 is 0.909 bits per heavy atom. The number of hydrogen-bond acceptors (Lipinski definition) is 4. The fourth-order valence-corrected chi connectivity index (χ4v) is 6.50. The van der Waals surface area contributed by atoms with Crippen molar-refractivity contribution in [2.75, 3.05) is 10.8 Å². The van der Waals surface area contributed by atoms with Gasteiger partial charge in [0.1, 0.15) is 12.6 Å². The van der Waals surface area contributed by atoms with Gasteiger partial charge < -0.3 is 10.2 Å².